The van der Waals surface area contributed by atoms with E-state index < -0.39 is 9.84 Å². The van der Waals surface area contributed by atoms with Crippen LogP contribution in [0.5, 0.6) is 0 Å². The Morgan fingerprint density at radius 3 is 2.58 bits per heavy atom. The van der Waals surface area contributed by atoms with Gasteiger partial charge in [-0.15, -0.1) is 0 Å². The summed E-state index contributed by atoms with van der Waals surface area (Å²) in [6.07, 6.45) is 6.55. The standard InChI is InChI=1S/C13H21N3O2S/c1-10-7-8-14-13(16-10)15-9-11-3-5-12(6-4-11)19(2,17)18/h7-8,11-12H,3-6,9H2,1-2H3,(H,14,15,16). The summed E-state index contributed by atoms with van der Waals surface area (Å²) in [7, 11) is -2.87. The van der Waals surface area contributed by atoms with Crippen molar-refractivity contribution in [3.8, 4) is 0 Å². The zero-order chi connectivity index (χ0) is 13.9. The molecule has 0 atom stereocenters. The van der Waals surface area contributed by atoms with E-state index in [1.54, 1.807) is 6.20 Å². The molecule has 5 nitrogen and oxygen atoms in total. The predicted molar refractivity (Wildman–Crippen MR) is 75.8 cm³/mol. The number of aryl methyl sites for hydroxylation is 1. The van der Waals surface area contributed by atoms with Crippen LogP contribution in [0.3, 0.4) is 0 Å². The van der Waals surface area contributed by atoms with E-state index in [2.05, 4.69) is 15.3 Å². The first kappa shape index (κ1) is 14.2. The van der Waals surface area contributed by atoms with Gasteiger partial charge in [0.15, 0.2) is 0 Å². The molecule has 106 valence electrons. The Hall–Kier alpha value is -1.17. The Morgan fingerprint density at radius 2 is 2.00 bits per heavy atom. The lowest BCUT2D eigenvalue weighted by molar-refractivity contribution is 0.371. The number of hydrogen-bond acceptors (Lipinski definition) is 5. The Balaban J connectivity index is 1.80. The van der Waals surface area contributed by atoms with Gasteiger partial charge in [0.1, 0.15) is 9.84 Å². The van der Waals surface area contributed by atoms with Gasteiger partial charge in [-0.25, -0.2) is 18.4 Å². The highest BCUT2D eigenvalue weighted by molar-refractivity contribution is 7.91. The molecule has 0 spiro atoms. The third-order valence-electron chi connectivity index (χ3n) is 3.74. The van der Waals surface area contributed by atoms with Crippen LogP contribution in [0.15, 0.2) is 12.3 Å². The molecule has 0 radical (unpaired) electrons. The van der Waals surface area contributed by atoms with E-state index in [1.807, 2.05) is 13.0 Å². The average Bonchev–Trinajstić information content (AvgIpc) is 2.36. The van der Waals surface area contributed by atoms with Crippen LogP contribution in [0, 0.1) is 12.8 Å². The normalized spacial score (nSPS) is 24.1. The summed E-state index contributed by atoms with van der Waals surface area (Å²) in [4.78, 5) is 8.45. The molecule has 1 aromatic heterocycles. The fourth-order valence-corrected chi connectivity index (χ4v) is 3.66. The molecule has 0 aliphatic heterocycles. The zero-order valence-corrected chi connectivity index (χ0v) is 12.3. The van der Waals surface area contributed by atoms with Crippen molar-refractivity contribution in [1.82, 2.24) is 9.97 Å². The van der Waals surface area contributed by atoms with Crippen LogP contribution >= 0.6 is 0 Å². The van der Waals surface area contributed by atoms with Crippen LogP contribution in [0.4, 0.5) is 5.95 Å². The molecule has 1 heterocycles. The molecule has 6 heteroatoms. The van der Waals surface area contributed by atoms with E-state index >= 15 is 0 Å². The van der Waals surface area contributed by atoms with Crippen molar-refractivity contribution in [3.05, 3.63) is 18.0 Å². The average molecular weight is 283 g/mol. The second-order valence-electron chi connectivity index (χ2n) is 5.37. The summed E-state index contributed by atoms with van der Waals surface area (Å²) in [5, 5.41) is 3.10. The molecule has 1 aliphatic rings. The van der Waals surface area contributed by atoms with Gasteiger partial charge in [-0.05, 0) is 44.6 Å². The first-order chi connectivity index (χ1) is 8.95. The van der Waals surface area contributed by atoms with Crippen molar-refractivity contribution >= 4 is 15.8 Å². The van der Waals surface area contributed by atoms with Gasteiger partial charge in [0.25, 0.3) is 0 Å². The van der Waals surface area contributed by atoms with Crippen molar-refractivity contribution in [3.63, 3.8) is 0 Å². The maximum atomic E-state index is 11.5. The highest BCUT2D eigenvalue weighted by Crippen LogP contribution is 2.28. The number of nitrogens with one attached hydrogen (secondary N) is 1. The number of rotatable bonds is 4. The minimum absolute atomic E-state index is 0.140. The van der Waals surface area contributed by atoms with E-state index in [9.17, 15) is 8.42 Å². The fourth-order valence-electron chi connectivity index (χ4n) is 2.53. The highest BCUT2D eigenvalue weighted by atomic mass is 32.2. The number of anilines is 1. The molecular weight excluding hydrogens is 262 g/mol. The molecule has 19 heavy (non-hydrogen) atoms. The third kappa shape index (κ3) is 4.16. The molecule has 0 aromatic carbocycles. The quantitative estimate of drug-likeness (QED) is 0.912. The summed E-state index contributed by atoms with van der Waals surface area (Å²) in [6, 6.07) is 1.86. The van der Waals surface area contributed by atoms with Crippen LogP contribution in [0.25, 0.3) is 0 Å². The van der Waals surface area contributed by atoms with E-state index in [0.29, 0.717) is 11.9 Å². The van der Waals surface area contributed by atoms with Crippen molar-refractivity contribution in [2.45, 2.75) is 37.9 Å². The first-order valence-electron chi connectivity index (χ1n) is 6.67. The maximum Gasteiger partial charge on any atom is 0.222 e. The van der Waals surface area contributed by atoms with E-state index in [1.165, 1.54) is 6.26 Å². The molecule has 1 saturated carbocycles. The lowest BCUT2D eigenvalue weighted by Crippen LogP contribution is -2.29. The van der Waals surface area contributed by atoms with Crippen LogP contribution < -0.4 is 5.32 Å². The van der Waals surface area contributed by atoms with Crippen molar-refractivity contribution in [1.29, 1.82) is 0 Å². The van der Waals surface area contributed by atoms with Gasteiger partial charge in [0.2, 0.25) is 5.95 Å². The summed E-state index contributed by atoms with van der Waals surface area (Å²) >= 11 is 0. The zero-order valence-electron chi connectivity index (χ0n) is 11.5. The molecule has 1 fully saturated rings. The van der Waals surface area contributed by atoms with Gasteiger partial charge in [-0.1, -0.05) is 0 Å². The van der Waals surface area contributed by atoms with Crippen molar-refractivity contribution < 1.29 is 8.42 Å². The molecule has 2 rings (SSSR count). The van der Waals surface area contributed by atoms with Gasteiger partial charge in [-0.2, -0.15) is 0 Å². The molecule has 0 amide bonds. The molecule has 1 N–H and O–H groups in total. The summed E-state index contributed by atoms with van der Waals surface area (Å²) in [5.74, 6) is 1.17. The Kier molecular flexibility index (Phi) is 4.39. The van der Waals surface area contributed by atoms with Crippen LogP contribution in [-0.2, 0) is 9.84 Å². The lowest BCUT2D eigenvalue weighted by atomic mass is 9.89. The van der Waals surface area contributed by atoms with Gasteiger partial charge in [0, 0.05) is 24.7 Å². The molecule has 0 saturated heterocycles. The summed E-state index contributed by atoms with van der Waals surface area (Å²) in [6.45, 7) is 2.75. The molecule has 0 bridgehead atoms. The Morgan fingerprint density at radius 1 is 1.32 bits per heavy atom. The topological polar surface area (TPSA) is 72.0 Å². The molecular formula is C13H21N3O2S. The molecule has 1 aromatic rings. The van der Waals surface area contributed by atoms with Crippen LogP contribution in [0.1, 0.15) is 31.4 Å². The second kappa shape index (κ2) is 5.86. The van der Waals surface area contributed by atoms with Crippen molar-refractivity contribution in [2.75, 3.05) is 18.1 Å². The van der Waals surface area contributed by atoms with E-state index in [-0.39, 0.29) is 5.25 Å². The van der Waals surface area contributed by atoms with E-state index in [0.717, 1.165) is 37.9 Å². The summed E-state index contributed by atoms with van der Waals surface area (Å²) in [5.41, 5.74) is 0.943. The van der Waals surface area contributed by atoms with Crippen molar-refractivity contribution in [2.24, 2.45) is 5.92 Å². The highest BCUT2D eigenvalue weighted by Gasteiger charge is 2.27. The Labute approximate surface area is 114 Å². The van der Waals surface area contributed by atoms with Gasteiger partial charge >= 0.3 is 0 Å². The minimum Gasteiger partial charge on any atom is -0.354 e. The monoisotopic (exact) mass is 283 g/mol. The van der Waals surface area contributed by atoms with Crippen LogP contribution in [-0.4, -0.2) is 36.4 Å². The minimum atomic E-state index is -2.87. The first-order valence-corrected chi connectivity index (χ1v) is 8.63. The number of aromatic nitrogens is 2. The lowest BCUT2D eigenvalue weighted by Gasteiger charge is -2.27. The third-order valence-corrected chi connectivity index (χ3v) is 5.43. The number of sulfone groups is 1. The van der Waals surface area contributed by atoms with Gasteiger partial charge in [-0.3, -0.25) is 0 Å². The predicted octanol–water partition coefficient (Wildman–Crippen LogP) is 1.80. The van der Waals surface area contributed by atoms with E-state index in [4.69, 9.17) is 0 Å². The fraction of sp³-hybridized carbons (Fsp3) is 0.692. The van der Waals surface area contributed by atoms with Crippen LogP contribution in [0.2, 0.25) is 0 Å². The Bertz CT molecular complexity index is 522. The SMILES string of the molecule is Cc1ccnc(NCC2CCC(S(C)(=O)=O)CC2)n1. The molecule has 1 aliphatic carbocycles. The number of nitrogens with zero attached hydrogens (tertiary/aromatic N) is 2. The largest absolute Gasteiger partial charge is 0.354 e. The molecule has 0 unspecified atom stereocenters. The maximum absolute atomic E-state index is 11.5. The number of hydrogen-bond donors (Lipinski definition) is 1. The summed E-state index contributed by atoms with van der Waals surface area (Å²) < 4.78 is 22.9. The van der Waals surface area contributed by atoms with Gasteiger partial charge in [0.05, 0.1) is 5.25 Å². The van der Waals surface area contributed by atoms with Gasteiger partial charge < -0.3 is 5.32 Å². The second-order valence-corrected chi connectivity index (χ2v) is 7.70. The smallest absolute Gasteiger partial charge is 0.222 e.